The maximum Gasteiger partial charge on any atom is 0.336 e. The summed E-state index contributed by atoms with van der Waals surface area (Å²) in [7, 11) is 0. The lowest BCUT2D eigenvalue weighted by Gasteiger charge is -2.04. The van der Waals surface area contributed by atoms with E-state index >= 15 is 0 Å². The van der Waals surface area contributed by atoms with E-state index in [1.54, 1.807) is 18.2 Å². The first-order valence-corrected chi connectivity index (χ1v) is 7.17. The van der Waals surface area contributed by atoms with Crippen LogP contribution >= 0.6 is 11.6 Å². The lowest BCUT2D eigenvalue weighted by molar-refractivity contribution is -0.138. The van der Waals surface area contributed by atoms with Gasteiger partial charge in [0.05, 0.1) is 6.61 Å². The summed E-state index contributed by atoms with van der Waals surface area (Å²) in [5.74, 6) is -0.312. The van der Waals surface area contributed by atoms with Gasteiger partial charge >= 0.3 is 11.9 Å². The molecule has 0 unspecified atom stereocenters. The number of esters is 2. The van der Waals surface area contributed by atoms with E-state index in [1.165, 1.54) is 6.07 Å². The molecule has 0 aromatic heterocycles. The van der Waals surface area contributed by atoms with E-state index in [0.717, 1.165) is 25.0 Å². The smallest absolute Gasteiger partial charge is 0.336 e. The highest BCUT2D eigenvalue weighted by atomic mass is 35.5. The minimum atomic E-state index is -0.656. The Morgan fingerprint density at radius 2 is 1.95 bits per heavy atom. The second-order valence-corrected chi connectivity index (χ2v) is 5.35. The highest BCUT2D eigenvalue weighted by molar-refractivity contribution is 6.30. The number of carbonyl (C=O) groups is 2. The molecule has 0 aliphatic heterocycles. The molecule has 0 N–H and O–H groups in total. The molecular formula is C16H19ClO4. The van der Waals surface area contributed by atoms with Crippen molar-refractivity contribution in [3.8, 4) is 5.75 Å². The molecule has 0 saturated carbocycles. The third kappa shape index (κ3) is 8.15. The highest BCUT2D eigenvalue weighted by Crippen LogP contribution is 2.17. The molecule has 114 valence electrons. The van der Waals surface area contributed by atoms with Gasteiger partial charge in [-0.2, -0.15) is 0 Å². The molecule has 1 aromatic rings. The van der Waals surface area contributed by atoms with Gasteiger partial charge in [-0.3, -0.25) is 0 Å². The van der Waals surface area contributed by atoms with Gasteiger partial charge in [0.1, 0.15) is 5.75 Å². The van der Waals surface area contributed by atoms with E-state index in [9.17, 15) is 9.59 Å². The van der Waals surface area contributed by atoms with Crippen LogP contribution in [-0.4, -0.2) is 18.5 Å². The molecule has 1 aromatic carbocycles. The predicted molar refractivity (Wildman–Crippen MR) is 81.3 cm³/mol. The molecule has 5 heteroatoms. The molecule has 0 amide bonds. The van der Waals surface area contributed by atoms with E-state index in [1.807, 2.05) is 0 Å². The minimum Gasteiger partial charge on any atom is -0.463 e. The quantitative estimate of drug-likeness (QED) is 0.333. The zero-order valence-corrected chi connectivity index (χ0v) is 12.9. The van der Waals surface area contributed by atoms with Crippen molar-refractivity contribution < 1.29 is 19.1 Å². The summed E-state index contributed by atoms with van der Waals surface area (Å²) in [6, 6.07) is 6.44. The minimum absolute atomic E-state index is 0.322. The van der Waals surface area contributed by atoms with Crippen LogP contribution in [0.25, 0.3) is 0 Å². The Morgan fingerprint density at radius 3 is 2.62 bits per heavy atom. The summed E-state index contributed by atoms with van der Waals surface area (Å²) in [4.78, 5) is 22.8. The van der Waals surface area contributed by atoms with Crippen LogP contribution in [0.15, 0.2) is 36.4 Å². The fraction of sp³-hybridized carbons (Fsp3) is 0.375. The number of ether oxygens (including phenoxy) is 2. The van der Waals surface area contributed by atoms with Crippen LogP contribution < -0.4 is 4.74 Å². The summed E-state index contributed by atoms with van der Waals surface area (Å²) in [6.07, 6.45) is 3.89. The van der Waals surface area contributed by atoms with Crippen molar-refractivity contribution >= 4 is 23.5 Å². The number of rotatable bonds is 7. The first kappa shape index (κ1) is 17.2. The lowest BCUT2D eigenvalue weighted by atomic mass is 10.1. The normalized spacial score (nSPS) is 10.9. The summed E-state index contributed by atoms with van der Waals surface area (Å²) in [5, 5.41) is 0.467. The standard InChI is InChI=1S/C16H19ClO4/c1-12(2)5-4-10-20-15(18)8-9-16(19)21-14-7-3-6-13(17)11-14/h3,6-9,11-12H,4-5,10H2,1-2H3/b9-8+. The molecule has 0 aliphatic rings. The zero-order valence-electron chi connectivity index (χ0n) is 12.2. The van der Waals surface area contributed by atoms with Gasteiger partial charge in [0, 0.05) is 17.2 Å². The fourth-order valence-corrected chi connectivity index (χ4v) is 1.71. The molecule has 0 radical (unpaired) electrons. The fourth-order valence-electron chi connectivity index (χ4n) is 1.53. The SMILES string of the molecule is CC(C)CCCOC(=O)/C=C/C(=O)Oc1cccc(Cl)c1. The van der Waals surface area contributed by atoms with Gasteiger partial charge < -0.3 is 9.47 Å². The number of hydrogen-bond donors (Lipinski definition) is 0. The van der Waals surface area contributed by atoms with Gasteiger partial charge in [0.15, 0.2) is 0 Å². The Kier molecular flexibility index (Phi) is 7.54. The van der Waals surface area contributed by atoms with Crippen LogP contribution in [0.3, 0.4) is 0 Å². The summed E-state index contributed by atoms with van der Waals surface area (Å²) in [6.45, 7) is 4.56. The van der Waals surface area contributed by atoms with Crippen LogP contribution in [0, 0.1) is 5.92 Å². The van der Waals surface area contributed by atoms with Gasteiger partial charge in [-0.1, -0.05) is 31.5 Å². The molecule has 0 fully saturated rings. The third-order valence-corrected chi connectivity index (χ3v) is 2.78. The molecule has 4 nitrogen and oxygen atoms in total. The number of carbonyl (C=O) groups excluding carboxylic acids is 2. The van der Waals surface area contributed by atoms with Crippen molar-refractivity contribution in [2.45, 2.75) is 26.7 Å². The second kappa shape index (κ2) is 9.19. The van der Waals surface area contributed by atoms with Crippen LogP contribution in [0.2, 0.25) is 5.02 Å². The molecule has 1 rings (SSSR count). The summed E-state index contributed by atoms with van der Waals surface area (Å²) >= 11 is 5.77. The molecule has 0 heterocycles. The first-order chi connectivity index (χ1) is 9.97. The number of halogens is 1. The molecule has 0 aliphatic carbocycles. The highest BCUT2D eigenvalue weighted by Gasteiger charge is 2.03. The zero-order chi connectivity index (χ0) is 15.7. The van der Waals surface area contributed by atoms with E-state index in [2.05, 4.69) is 13.8 Å². The maximum atomic E-state index is 11.5. The van der Waals surface area contributed by atoms with E-state index in [4.69, 9.17) is 21.1 Å². The van der Waals surface area contributed by atoms with Gasteiger partial charge in [-0.25, -0.2) is 9.59 Å². The van der Waals surface area contributed by atoms with Gasteiger partial charge in [-0.05, 0) is 37.0 Å². The predicted octanol–water partition coefficient (Wildman–Crippen LogP) is 3.78. The third-order valence-electron chi connectivity index (χ3n) is 2.54. The van der Waals surface area contributed by atoms with Crippen LogP contribution in [0.4, 0.5) is 0 Å². The van der Waals surface area contributed by atoms with Gasteiger partial charge in [0.25, 0.3) is 0 Å². The monoisotopic (exact) mass is 310 g/mol. The van der Waals surface area contributed by atoms with Crippen molar-refractivity contribution in [2.24, 2.45) is 5.92 Å². The second-order valence-electron chi connectivity index (χ2n) is 4.92. The van der Waals surface area contributed by atoms with Crippen molar-refractivity contribution in [2.75, 3.05) is 6.61 Å². The topological polar surface area (TPSA) is 52.6 Å². The molecular weight excluding hydrogens is 292 g/mol. The van der Waals surface area contributed by atoms with Crippen LogP contribution in [-0.2, 0) is 14.3 Å². The lowest BCUT2D eigenvalue weighted by Crippen LogP contribution is -2.07. The molecule has 0 bridgehead atoms. The largest absolute Gasteiger partial charge is 0.463 e. The molecule has 0 spiro atoms. The summed E-state index contributed by atoms with van der Waals surface area (Å²) in [5.41, 5.74) is 0. The average Bonchev–Trinajstić information content (AvgIpc) is 2.41. The number of benzene rings is 1. The van der Waals surface area contributed by atoms with Gasteiger partial charge in [0.2, 0.25) is 0 Å². The Morgan fingerprint density at radius 1 is 1.24 bits per heavy atom. The van der Waals surface area contributed by atoms with E-state index in [-0.39, 0.29) is 0 Å². The van der Waals surface area contributed by atoms with Crippen molar-refractivity contribution in [3.63, 3.8) is 0 Å². The van der Waals surface area contributed by atoms with Crippen molar-refractivity contribution in [3.05, 3.63) is 41.4 Å². The maximum absolute atomic E-state index is 11.5. The Bertz CT molecular complexity index is 509. The molecule has 21 heavy (non-hydrogen) atoms. The average molecular weight is 311 g/mol. The van der Waals surface area contributed by atoms with Crippen LogP contribution in [0.5, 0.6) is 5.75 Å². The summed E-state index contributed by atoms with van der Waals surface area (Å²) < 4.78 is 9.94. The Labute approximate surface area is 129 Å². The Hall–Kier alpha value is -1.81. The molecule has 0 atom stereocenters. The van der Waals surface area contributed by atoms with E-state index < -0.39 is 11.9 Å². The van der Waals surface area contributed by atoms with Gasteiger partial charge in [-0.15, -0.1) is 0 Å². The molecule has 0 saturated heterocycles. The Balaban J connectivity index is 2.31. The van der Waals surface area contributed by atoms with E-state index in [0.29, 0.717) is 23.3 Å². The van der Waals surface area contributed by atoms with Crippen LogP contribution in [0.1, 0.15) is 26.7 Å². The van der Waals surface area contributed by atoms with Crippen molar-refractivity contribution in [1.29, 1.82) is 0 Å². The number of hydrogen-bond acceptors (Lipinski definition) is 4. The first-order valence-electron chi connectivity index (χ1n) is 6.79. The van der Waals surface area contributed by atoms with Crippen molar-refractivity contribution in [1.82, 2.24) is 0 Å².